The Kier molecular flexibility index (Phi) is 2.75. The molecule has 78 valence electrons. The molecule has 1 N–H and O–H groups in total. The molecule has 1 aromatic heterocycles. The van der Waals surface area contributed by atoms with Crippen LogP contribution in [0.5, 0.6) is 0 Å². The molecule has 0 saturated carbocycles. The topological polar surface area (TPSA) is 38.0 Å². The number of benzene rings is 1. The van der Waals surface area contributed by atoms with Crippen molar-refractivity contribution in [1.29, 1.82) is 0 Å². The highest BCUT2D eigenvalue weighted by atomic mass is 35.5. The van der Waals surface area contributed by atoms with Gasteiger partial charge < -0.3 is 5.11 Å². The van der Waals surface area contributed by atoms with Crippen LogP contribution in [-0.2, 0) is 7.05 Å². The standard InChI is InChI=1S/C11H11ClN2O/c1-14-7-6-10(13-14)11(15)8-2-4-9(12)5-3-8/h2-7,11,15H,1H3. The highest BCUT2D eigenvalue weighted by Crippen LogP contribution is 2.21. The van der Waals surface area contributed by atoms with Crippen LogP contribution >= 0.6 is 11.6 Å². The first kappa shape index (κ1) is 10.2. The van der Waals surface area contributed by atoms with E-state index in [1.54, 1.807) is 41.2 Å². The van der Waals surface area contributed by atoms with Crippen molar-refractivity contribution < 1.29 is 5.11 Å². The summed E-state index contributed by atoms with van der Waals surface area (Å²) in [5, 5.41) is 14.8. The molecule has 1 aromatic carbocycles. The largest absolute Gasteiger partial charge is 0.382 e. The van der Waals surface area contributed by atoms with Gasteiger partial charge in [-0.3, -0.25) is 4.68 Å². The smallest absolute Gasteiger partial charge is 0.123 e. The number of aliphatic hydroxyl groups is 1. The summed E-state index contributed by atoms with van der Waals surface area (Å²) in [6.07, 6.45) is 1.11. The zero-order valence-electron chi connectivity index (χ0n) is 8.26. The normalized spacial score (nSPS) is 12.7. The molecule has 2 rings (SSSR count). The van der Waals surface area contributed by atoms with E-state index in [4.69, 9.17) is 11.6 Å². The van der Waals surface area contributed by atoms with E-state index in [9.17, 15) is 5.11 Å². The van der Waals surface area contributed by atoms with E-state index in [1.807, 2.05) is 7.05 Å². The van der Waals surface area contributed by atoms with Gasteiger partial charge in [-0.25, -0.2) is 0 Å². The van der Waals surface area contributed by atoms with Crippen molar-refractivity contribution in [3.63, 3.8) is 0 Å². The van der Waals surface area contributed by atoms with Crippen molar-refractivity contribution >= 4 is 11.6 Å². The summed E-state index contributed by atoms with van der Waals surface area (Å²) in [6, 6.07) is 8.88. The molecule has 15 heavy (non-hydrogen) atoms. The molecule has 0 spiro atoms. The van der Waals surface area contributed by atoms with Gasteiger partial charge in [-0.05, 0) is 23.8 Å². The van der Waals surface area contributed by atoms with Gasteiger partial charge in [0.15, 0.2) is 0 Å². The quantitative estimate of drug-likeness (QED) is 0.846. The molecule has 1 atom stereocenters. The van der Waals surface area contributed by atoms with Crippen LogP contribution in [0.1, 0.15) is 17.4 Å². The maximum absolute atomic E-state index is 9.98. The second-order valence-electron chi connectivity index (χ2n) is 3.37. The van der Waals surface area contributed by atoms with Crippen molar-refractivity contribution in [2.24, 2.45) is 7.05 Å². The lowest BCUT2D eigenvalue weighted by molar-refractivity contribution is 0.214. The third-order valence-electron chi connectivity index (χ3n) is 2.20. The maximum atomic E-state index is 9.98. The molecule has 0 fully saturated rings. The Morgan fingerprint density at radius 2 is 1.93 bits per heavy atom. The molecule has 2 aromatic rings. The monoisotopic (exact) mass is 222 g/mol. The Bertz CT molecular complexity index is 450. The van der Waals surface area contributed by atoms with Crippen LogP contribution in [0, 0.1) is 0 Å². The van der Waals surface area contributed by atoms with Gasteiger partial charge in [-0.15, -0.1) is 0 Å². The number of hydrogen-bond acceptors (Lipinski definition) is 2. The predicted molar refractivity (Wildman–Crippen MR) is 58.7 cm³/mol. The molecule has 0 aliphatic rings. The predicted octanol–water partition coefficient (Wildman–Crippen LogP) is 2.16. The van der Waals surface area contributed by atoms with Crippen molar-refractivity contribution in [2.45, 2.75) is 6.10 Å². The summed E-state index contributed by atoms with van der Waals surface area (Å²) >= 11 is 5.77. The van der Waals surface area contributed by atoms with E-state index in [0.717, 1.165) is 5.56 Å². The van der Waals surface area contributed by atoms with Crippen LogP contribution in [0.4, 0.5) is 0 Å². The van der Waals surface area contributed by atoms with Crippen molar-refractivity contribution in [3.05, 3.63) is 52.8 Å². The first-order valence-electron chi connectivity index (χ1n) is 4.60. The first-order valence-corrected chi connectivity index (χ1v) is 4.97. The minimum absolute atomic E-state index is 0.639. The fraction of sp³-hybridized carbons (Fsp3) is 0.182. The molecule has 0 radical (unpaired) electrons. The first-order chi connectivity index (χ1) is 7.16. The van der Waals surface area contributed by atoms with Crippen LogP contribution in [0.2, 0.25) is 5.02 Å². The molecule has 0 aliphatic heterocycles. The van der Waals surface area contributed by atoms with E-state index in [0.29, 0.717) is 10.7 Å². The number of aliphatic hydroxyl groups excluding tert-OH is 1. The lowest BCUT2D eigenvalue weighted by atomic mass is 10.1. The fourth-order valence-electron chi connectivity index (χ4n) is 1.39. The number of hydrogen-bond donors (Lipinski definition) is 1. The van der Waals surface area contributed by atoms with E-state index < -0.39 is 6.10 Å². The molecule has 0 aliphatic carbocycles. The summed E-state index contributed by atoms with van der Waals surface area (Å²) < 4.78 is 1.66. The van der Waals surface area contributed by atoms with Gasteiger partial charge in [-0.2, -0.15) is 5.10 Å². The van der Waals surface area contributed by atoms with Gasteiger partial charge in [0, 0.05) is 18.3 Å². The Morgan fingerprint density at radius 1 is 1.27 bits per heavy atom. The SMILES string of the molecule is Cn1ccc(C(O)c2ccc(Cl)cc2)n1. The van der Waals surface area contributed by atoms with E-state index in [-0.39, 0.29) is 0 Å². The highest BCUT2D eigenvalue weighted by Gasteiger charge is 2.12. The van der Waals surface area contributed by atoms with Gasteiger partial charge in [0.05, 0.1) is 5.69 Å². The number of aromatic nitrogens is 2. The van der Waals surface area contributed by atoms with Gasteiger partial charge >= 0.3 is 0 Å². The molecule has 1 unspecified atom stereocenters. The molecule has 0 amide bonds. The number of rotatable bonds is 2. The summed E-state index contributed by atoms with van der Waals surface area (Å²) in [5.74, 6) is 0. The molecule has 3 nitrogen and oxygen atoms in total. The lowest BCUT2D eigenvalue weighted by Crippen LogP contribution is -2.01. The van der Waals surface area contributed by atoms with Crippen molar-refractivity contribution in [2.75, 3.05) is 0 Å². The summed E-state index contributed by atoms with van der Waals surface area (Å²) in [5.41, 5.74) is 1.43. The van der Waals surface area contributed by atoms with Crippen LogP contribution in [0.15, 0.2) is 36.5 Å². The maximum Gasteiger partial charge on any atom is 0.123 e. The summed E-state index contributed by atoms with van der Waals surface area (Å²) in [6.45, 7) is 0. The van der Waals surface area contributed by atoms with Gasteiger partial charge in [0.25, 0.3) is 0 Å². The third-order valence-corrected chi connectivity index (χ3v) is 2.45. The van der Waals surface area contributed by atoms with Gasteiger partial charge in [0.2, 0.25) is 0 Å². The molecular weight excluding hydrogens is 212 g/mol. The lowest BCUT2D eigenvalue weighted by Gasteiger charge is -2.07. The Balaban J connectivity index is 2.28. The number of aryl methyl sites for hydroxylation is 1. The molecule has 0 bridgehead atoms. The molecule has 1 heterocycles. The highest BCUT2D eigenvalue weighted by molar-refractivity contribution is 6.30. The Hall–Kier alpha value is -1.32. The van der Waals surface area contributed by atoms with Crippen LogP contribution in [0.3, 0.4) is 0 Å². The van der Waals surface area contributed by atoms with Crippen molar-refractivity contribution in [3.8, 4) is 0 Å². The van der Waals surface area contributed by atoms with Crippen LogP contribution < -0.4 is 0 Å². The molecular formula is C11H11ClN2O. The van der Waals surface area contributed by atoms with Crippen LogP contribution in [0.25, 0.3) is 0 Å². The van der Waals surface area contributed by atoms with Crippen LogP contribution in [-0.4, -0.2) is 14.9 Å². The molecule has 4 heteroatoms. The minimum atomic E-state index is -0.691. The second-order valence-corrected chi connectivity index (χ2v) is 3.80. The van der Waals surface area contributed by atoms with E-state index >= 15 is 0 Å². The number of halogens is 1. The zero-order chi connectivity index (χ0) is 10.8. The third kappa shape index (κ3) is 2.19. The Labute approximate surface area is 92.9 Å². The average molecular weight is 223 g/mol. The van der Waals surface area contributed by atoms with Crippen molar-refractivity contribution in [1.82, 2.24) is 9.78 Å². The zero-order valence-corrected chi connectivity index (χ0v) is 9.02. The molecule has 0 saturated heterocycles. The fourth-order valence-corrected chi connectivity index (χ4v) is 1.52. The van der Waals surface area contributed by atoms with E-state index in [1.165, 1.54) is 0 Å². The van der Waals surface area contributed by atoms with E-state index in [2.05, 4.69) is 5.10 Å². The average Bonchev–Trinajstić information content (AvgIpc) is 2.65. The Morgan fingerprint density at radius 3 is 2.47 bits per heavy atom. The minimum Gasteiger partial charge on any atom is -0.382 e. The summed E-state index contributed by atoms with van der Waals surface area (Å²) in [7, 11) is 1.82. The second kappa shape index (κ2) is 4.04. The summed E-state index contributed by atoms with van der Waals surface area (Å²) in [4.78, 5) is 0. The van der Waals surface area contributed by atoms with Gasteiger partial charge in [-0.1, -0.05) is 23.7 Å². The van der Waals surface area contributed by atoms with Gasteiger partial charge in [0.1, 0.15) is 6.10 Å². The number of nitrogens with zero attached hydrogens (tertiary/aromatic N) is 2.